The van der Waals surface area contributed by atoms with Crippen molar-refractivity contribution in [1.82, 2.24) is 0 Å². The van der Waals surface area contributed by atoms with Gasteiger partial charge in [-0.05, 0) is 49.8 Å². The summed E-state index contributed by atoms with van der Waals surface area (Å²) in [4.78, 5) is 14.1. The fourth-order valence-electron chi connectivity index (χ4n) is 2.58. The number of carbonyl (C=O) groups excluding carboxylic acids is 1. The highest BCUT2D eigenvalue weighted by molar-refractivity contribution is 5.93. The van der Waals surface area contributed by atoms with Crippen LogP contribution in [0.4, 0.5) is 5.69 Å². The molecule has 0 saturated carbocycles. The topological polar surface area (TPSA) is 46.3 Å². The Morgan fingerprint density at radius 1 is 1.25 bits per heavy atom. The van der Waals surface area contributed by atoms with Gasteiger partial charge in [-0.3, -0.25) is 4.79 Å². The summed E-state index contributed by atoms with van der Waals surface area (Å²) in [6.07, 6.45) is 2.51. The maximum absolute atomic E-state index is 12.3. The molecule has 0 aliphatic heterocycles. The first-order valence-corrected chi connectivity index (χ1v) is 7.49. The van der Waals surface area contributed by atoms with Gasteiger partial charge in [-0.25, -0.2) is 0 Å². The minimum atomic E-state index is 0.182. The zero-order valence-corrected chi connectivity index (χ0v) is 13.2. The standard InChI is InChI=1S/C17H28N2O/c1-13(2)15(11-12-18)9-10-17(20)19(4)16-8-6-5-7-14(16)3/h5-8,13,15H,9-12,18H2,1-4H3. The van der Waals surface area contributed by atoms with E-state index in [-0.39, 0.29) is 5.91 Å². The first-order chi connectivity index (χ1) is 9.47. The molecule has 0 aliphatic carbocycles. The van der Waals surface area contributed by atoms with Crippen molar-refractivity contribution in [1.29, 1.82) is 0 Å². The Balaban J connectivity index is 2.60. The molecule has 1 unspecified atom stereocenters. The maximum Gasteiger partial charge on any atom is 0.226 e. The predicted octanol–water partition coefficient (Wildman–Crippen LogP) is 3.36. The summed E-state index contributed by atoms with van der Waals surface area (Å²) in [7, 11) is 1.86. The Morgan fingerprint density at radius 2 is 1.90 bits per heavy atom. The van der Waals surface area contributed by atoms with E-state index in [1.165, 1.54) is 0 Å². The number of hydrogen-bond acceptors (Lipinski definition) is 2. The van der Waals surface area contributed by atoms with Crippen molar-refractivity contribution in [2.75, 3.05) is 18.5 Å². The minimum absolute atomic E-state index is 0.182. The van der Waals surface area contributed by atoms with Gasteiger partial charge >= 0.3 is 0 Å². The van der Waals surface area contributed by atoms with Gasteiger partial charge in [-0.15, -0.1) is 0 Å². The van der Waals surface area contributed by atoms with Gasteiger partial charge in [0.2, 0.25) is 5.91 Å². The molecule has 0 fully saturated rings. The van der Waals surface area contributed by atoms with Gasteiger partial charge < -0.3 is 10.6 Å². The summed E-state index contributed by atoms with van der Waals surface area (Å²) in [6, 6.07) is 7.99. The van der Waals surface area contributed by atoms with Crippen molar-refractivity contribution in [3.05, 3.63) is 29.8 Å². The monoisotopic (exact) mass is 276 g/mol. The fraction of sp³-hybridized carbons (Fsp3) is 0.588. The van der Waals surface area contributed by atoms with E-state index in [0.29, 0.717) is 24.8 Å². The Hall–Kier alpha value is -1.35. The van der Waals surface area contributed by atoms with Crippen LogP contribution in [0.25, 0.3) is 0 Å². The lowest BCUT2D eigenvalue weighted by atomic mass is 9.88. The molecular formula is C17H28N2O. The lowest BCUT2D eigenvalue weighted by molar-refractivity contribution is -0.118. The molecule has 0 radical (unpaired) electrons. The highest BCUT2D eigenvalue weighted by atomic mass is 16.2. The normalized spacial score (nSPS) is 12.5. The van der Waals surface area contributed by atoms with Crippen LogP contribution in [0.2, 0.25) is 0 Å². The van der Waals surface area contributed by atoms with Crippen molar-refractivity contribution >= 4 is 11.6 Å². The largest absolute Gasteiger partial charge is 0.330 e. The first-order valence-electron chi connectivity index (χ1n) is 7.49. The van der Waals surface area contributed by atoms with E-state index in [4.69, 9.17) is 5.73 Å². The van der Waals surface area contributed by atoms with Crippen LogP contribution in [-0.2, 0) is 4.79 Å². The SMILES string of the molecule is Cc1ccccc1N(C)C(=O)CCC(CCN)C(C)C. The van der Waals surface area contributed by atoms with Gasteiger partial charge in [-0.2, -0.15) is 0 Å². The summed E-state index contributed by atoms with van der Waals surface area (Å²) >= 11 is 0. The number of benzene rings is 1. The molecule has 1 aromatic carbocycles. The van der Waals surface area contributed by atoms with Gasteiger partial charge in [0.1, 0.15) is 0 Å². The molecule has 0 aliphatic rings. The van der Waals surface area contributed by atoms with Crippen molar-refractivity contribution < 1.29 is 4.79 Å². The number of carbonyl (C=O) groups is 1. The van der Waals surface area contributed by atoms with Crippen LogP contribution < -0.4 is 10.6 Å². The second-order valence-electron chi connectivity index (χ2n) is 5.86. The smallest absolute Gasteiger partial charge is 0.226 e. The molecule has 3 heteroatoms. The van der Waals surface area contributed by atoms with E-state index in [2.05, 4.69) is 13.8 Å². The highest BCUT2D eigenvalue weighted by Crippen LogP contribution is 2.23. The van der Waals surface area contributed by atoms with Crippen LogP contribution in [0.3, 0.4) is 0 Å². The summed E-state index contributed by atoms with van der Waals surface area (Å²) in [5.74, 6) is 1.30. The number of nitrogens with zero attached hydrogens (tertiary/aromatic N) is 1. The quantitative estimate of drug-likeness (QED) is 0.830. The number of anilines is 1. The third kappa shape index (κ3) is 4.64. The number of hydrogen-bond donors (Lipinski definition) is 1. The summed E-state index contributed by atoms with van der Waals surface area (Å²) in [6.45, 7) is 7.14. The lowest BCUT2D eigenvalue weighted by Crippen LogP contribution is -2.28. The molecule has 3 nitrogen and oxygen atoms in total. The van der Waals surface area contributed by atoms with Gasteiger partial charge in [0, 0.05) is 19.2 Å². The molecule has 0 bridgehead atoms. The van der Waals surface area contributed by atoms with Crippen LogP contribution in [0.1, 0.15) is 38.7 Å². The van der Waals surface area contributed by atoms with Crippen LogP contribution in [-0.4, -0.2) is 19.5 Å². The molecule has 0 heterocycles. The summed E-state index contributed by atoms with van der Waals surface area (Å²) in [5, 5.41) is 0. The third-order valence-corrected chi connectivity index (χ3v) is 4.06. The van der Waals surface area contributed by atoms with Crippen molar-refractivity contribution in [3.63, 3.8) is 0 Å². The van der Waals surface area contributed by atoms with Crippen LogP contribution in [0, 0.1) is 18.8 Å². The van der Waals surface area contributed by atoms with Gasteiger partial charge in [0.25, 0.3) is 0 Å². The number of para-hydroxylation sites is 1. The van der Waals surface area contributed by atoms with E-state index in [0.717, 1.165) is 24.1 Å². The average molecular weight is 276 g/mol. The Bertz CT molecular complexity index is 429. The predicted molar refractivity (Wildman–Crippen MR) is 85.8 cm³/mol. The number of amides is 1. The molecular weight excluding hydrogens is 248 g/mol. The Morgan fingerprint density at radius 3 is 2.45 bits per heavy atom. The van der Waals surface area contributed by atoms with E-state index in [1.807, 2.05) is 38.2 Å². The lowest BCUT2D eigenvalue weighted by Gasteiger charge is -2.23. The Labute approximate surface area is 123 Å². The van der Waals surface area contributed by atoms with Crippen LogP contribution in [0.5, 0.6) is 0 Å². The van der Waals surface area contributed by atoms with Crippen LogP contribution in [0.15, 0.2) is 24.3 Å². The average Bonchev–Trinajstić information content (AvgIpc) is 2.42. The van der Waals surface area contributed by atoms with Crippen molar-refractivity contribution in [3.8, 4) is 0 Å². The number of rotatable bonds is 7. The van der Waals surface area contributed by atoms with E-state index in [1.54, 1.807) is 4.90 Å². The zero-order valence-electron chi connectivity index (χ0n) is 13.2. The van der Waals surface area contributed by atoms with E-state index in [9.17, 15) is 4.79 Å². The second kappa shape index (κ2) is 8.05. The molecule has 112 valence electrons. The van der Waals surface area contributed by atoms with E-state index < -0.39 is 0 Å². The second-order valence-corrected chi connectivity index (χ2v) is 5.86. The molecule has 1 amide bonds. The van der Waals surface area contributed by atoms with Gasteiger partial charge in [0.05, 0.1) is 0 Å². The molecule has 20 heavy (non-hydrogen) atoms. The molecule has 0 spiro atoms. The molecule has 2 N–H and O–H groups in total. The third-order valence-electron chi connectivity index (χ3n) is 4.06. The summed E-state index contributed by atoms with van der Waals surface area (Å²) in [5.41, 5.74) is 7.78. The van der Waals surface area contributed by atoms with Crippen molar-refractivity contribution in [2.45, 2.75) is 40.0 Å². The first kappa shape index (κ1) is 16.7. The Kier molecular flexibility index (Phi) is 6.73. The van der Waals surface area contributed by atoms with Crippen LogP contribution >= 0.6 is 0 Å². The van der Waals surface area contributed by atoms with Gasteiger partial charge in [0.15, 0.2) is 0 Å². The molecule has 1 atom stereocenters. The molecule has 1 rings (SSSR count). The number of nitrogens with two attached hydrogens (primary N) is 1. The molecule has 0 aromatic heterocycles. The zero-order chi connectivity index (χ0) is 15.1. The van der Waals surface area contributed by atoms with E-state index >= 15 is 0 Å². The number of aryl methyl sites for hydroxylation is 1. The molecule has 1 aromatic rings. The highest BCUT2D eigenvalue weighted by Gasteiger charge is 2.17. The minimum Gasteiger partial charge on any atom is -0.330 e. The molecule has 0 saturated heterocycles. The van der Waals surface area contributed by atoms with Gasteiger partial charge in [-0.1, -0.05) is 32.0 Å². The maximum atomic E-state index is 12.3. The summed E-state index contributed by atoms with van der Waals surface area (Å²) < 4.78 is 0. The van der Waals surface area contributed by atoms with Crippen molar-refractivity contribution in [2.24, 2.45) is 17.6 Å². The fourth-order valence-corrected chi connectivity index (χ4v) is 2.58.